The number of carbonyl (C=O) groups is 1. The predicted molar refractivity (Wildman–Crippen MR) is 104 cm³/mol. The van der Waals surface area contributed by atoms with E-state index in [1.807, 2.05) is 29.2 Å². The van der Waals surface area contributed by atoms with Crippen LogP contribution in [0.2, 0.25) is 5.02 Å². The fourth-order valence-corrected chi connectivity index (χ4v) is 4.57. The Kier molecular flexibility index (Phi) is 6.56. The van der Waals surface area contributed by atoms with E-state index in [1.54, 1.807) is 7.11 Å². The van der Waals surface area contributed by atoms with E-state index in [0.717, 1.165) is 44.5 Å². The molecule has 6 heteroatoms. The SMILES string of the molecule is COCCN(Cc1ccccc1Cl)C(=O)[C@H]1CC2(CCNCC2)CN1C. The summed E-state index contributed by atoms with van der Waals surface area (Å²) in [5.74, 6) is 0.194. The lowest BCUT2D eigenvalue weighted by molar-refractivity contribution is -0.137. The van der Waals surface area contributed by atoms with Crippen LogP contribution in [0.1, 0.15) is 24.8 Å². The molecule has 0 saturated carbocycles. The number of benzene rings is 1. The van der Waals surface area contributed by atoms with Crippen molar-refractivity contribution in [3.05, 3.63) is 34.9 Å². The number of nitrogens with one attached hydrogen (secondary N) is 1. The van der Waals surface area contributed by atoms with E-state index < -0.39 is 0 Å². The molecule has 0 bridgehead atoms. The second-order valence-electron chi connectivity index (χ2n) is 7.73. The molecule has 2 aliphatic heterocycles. The molecule has 1 aromatic carbocycles. The molecule has 1 aromatic rings. The van der Waals surface area contributed by atoms with Gasteiger partial charge in [-0.2, -0.15) is 0 Å². The number of ether oxygens (including phenoxy) is 1. The van der Waals surface area contributed by atoms with Crippen LogP contribution in [0.4, 0.5) is 0 Å². The van der Waals surface area contributed by atoms with Crippen LogP contribution in [-0.4, -0.2) is 68.7 Å². The molecule has 2 fully saturated rings. The molecule has 144 valence electrons. The van der Waals surface area contributed by atoms with Crippen LogP contribution in [0.25, 0.3) is 0 Å². The van der Waals surface area contributed by atoms with Crippen molar-refractivity contribution in [2.45, 2.75) is 31.8 Å². The molecule has 0 unspecified atom stereocenters. The quantitative estimate of drug-likeness (QED) is 0.824. The number of methoxy groups -OCH3 is 1. The fourth-order valence-electron chi connectivity index (χ4n) is 4.38. The van der Waals surface area contributed by atoms with Crippen LogP contribution in [-0.2, 0) is 16.1 Å². The minimum Gasteiger partial charge on any atom is -0.383 e. The van der Waals surface area contributed by atoms with Gasteiger partial charge in [0.25, 0.3) is 0 Å². The van der Waals surface area contributed by atoms with Gasteiger partial charge in [0.2, 0.25) is 5.91 Å². The van der Waals surface area contributed by atoms with Gasteiger partial charge in [-0.1, -0.05) is 29.8 Å². The second kappa shape index (κ2) is 8.70. The molecule has 0 aromatic heterocycles. The predicted octanol–water partition coefficient (Wildman–Crippen LogP) is 2.39. The van der Waals surface area contributed by atoms with Gasteiger partial charge in [0.05, 0.1) is 12.6 Å². The molecule has 1 N–H and O–H groups in total. The van der Waals surface area contributed by atoms with Crippen LogP contribution in [0.3, 0.4) is 0 Å². The number of halogens is 1. The summed E-state index contributed by atoms with van der Waals surface area (Å²) in [4.78, 5) is 17.5. The Morgan fingerprint density at radius 2 is 2.12 bits per heavy atom. The zero-order valence-corrected chi connectivity index (χ0v) is 16.6. The summed E-state index contributed by atoms with van der Waals surface area (Å²) < 4.78 is 5.24. The monoisotopic (exact) mass is 379 g/mol. The van der Waals surface area contributed by atoms with Crippen LogP contribution in [0.15, 0.2) is 24.3 Å². The Hall–Kier alpha value is -1.14. The Bertz CT molecular complexity index is 619. The van der Waals surface area contributed by atoms with E-state index in [2.05, 4.69) is 17.3 Å². The molecule has 1 atom stereocenters. The normalized spacial score (nSPS) is 22.7. The van der Waals surface area contributed by atoms with Gasteiger partial charge < -0.3 is 15.0 Å². The first-order chi connectivity index (χ1) is 12.5. The van der Waals surface area contributed by atoms with E-state index in [-0.39, 0.29) is 17.4 Å². The molecular weight excluding hydrogens is 350 g/mol. The number of likely N-dealkylation sites (N-methyl/N-ethyl adjacent to an activating group) is 1. The summed E-state index contributed by atoms with van der Waals surface area (Å²) in [6.07, 6.45) is 3.27. The van der Waals surface area contributed by atoms with E-state index in [9.17, 15) is 4.79 Å². The topological polar surface area (TPSA) is 44.8 Å². The number of hydrogen-bond donors (Lipinski definition) is 1. The van der Waals surface area contributed by atoms with Crippen molar-refractivity contribution in [1.29, 1.82) is 0 Å². The van der Waals surface area contributed by atoms with Crippen molar-refractivity contribution in [1.82, 2.24) is 15.1 Å². The van der Waals surface area contributed by atoms with Crippen molar-refractivity contribution < 1.29 is 9.53 Å². The Morgan fingerprint density at radius 1 is 1.38 bits per heavy atom. The van der Waals surface area contributed by atoms with Gasteiger partial charge in [0.15, 0.2) is 0 Å². The highest BCUT2D eigenvalue weighted by Gasteiger charge is 2.46. The maximum Gasteiger partial charge on any atom is 0.240 e. The first-order valence-corrected chi connectivity index (χ1v) is 9.84. The first-order valence-electron chi connectivity index (χ1n) is 9.47. The standard InChI is InChI=1S/C20H30ClN3O2/c1-23-15-20(7-9-22-10-8-20)13-18(23)19(25)24(11-12-26-2)14-16-5-3-4-6-17(16)21/h3-6,18,22H,7-15H2,1-2H3/t18-/m1/s1. The third-order valence-corrected chi connectivity index (χ3v) is 6.26. The summed E-state index contributed by atoms with van der Waals surface area (Å²) in [5.41, 5.74) is 1.27. The molecule has 0 radical (unpaired) electrons. The lowest BCUT2D eigenvalue weighted by atomic mass is 9.77. The molecular formula is C20H30ClN3O2. The maximum atomic E-state index is 13.4. The molecule has 26 heavy (non-hydrogen) atoms. The van der Waals surface area contributed by atoms with E-state index in [1.165, 1.54) is 0 Å². The van der Waals surface area contributed by atoms with Crippen molar-refractivity contribution >= 4 is 17.5 Å². The number of amides is 1. The van der Waals surface area contributed by atoms with Gasteiger partial charge in [0.1, 0.15) is 0 Å². The highest BCUT2D eigenvalue weighted by Crippen LogP contribution is 2.41. The van der Waals surface area contributed by atoms with Crippen LogP contribution in [0.5, 0.6) is 0 Å². The number of hydrogen-bond acceptors (Lipinski definition) is 4. The number of likely N-dealkylation sites (tertiary alicyclic amines) is 1. The van der Waals surface area contributed by atoms with Gasteiger partial charge in [-0.15, -0.1) is 0 Å². The van der Waals surface area contributed by atoms with Crippen LogP contribution in [0, 0.1) is 5.41 Å². The number of carbonyl (C=O) groups excluding carboxylic acids is 1. The van der Waals surface area contributed by atoms with E-state index in [0.29, 0.717) is 24.7 Å². The third-order valence-electron chi connectivity index (χ3n) is 5.89. The summed E-state index contributed by atoms with van der Waals surface area (Å²) in [6, 6.07) is 7.70. The van der Waals surface area contributed by atoms with Crippen LogP contribution >= 0.6 is 11.6 Å². The van der Waals surface area contributed by atoms with Gasteiger partial charge >= 0.3 is 0 Å². The van der Waals surface area contributed by atoms with Gasteiger partial charge in [0, 0.05) is 31.8 Å². The highest BCUT2D eigenvalue weighted by atomic mass is 35.5. The maximum absolute atomic E-state index is 13.4. The van der Waals surface area contributed by atoms with Gasteiger partial charge in [-0.3, -0.25) is 9.69 Å². The lowest BCUT2D eigenvalue weighted by Crippen LogP contribution is -2.45. The molecule has 2 saturated heterocycles. The molecule has 0 aliphatic carbocycles. The first kappa shape index (κ1) is 19.6. The average molecular weight is 380 g/mol. The molecule has 2 aliphatic rings. The van der Waals surface area contributed by atoms with Crippen molar-refractivity contribution in [3.8, 4) is 0 Å². The number of piperidine rings is 1. The Labute approximate surface area is 161 Å². The summed E-state index contributed by atoms with van der Waals surface area (Å²) in [6.45, 7) is 4.76. The average Bonchev–Trinajstić information content (AvgIpc) is 2.95. The van der Waals surface area contributed by atoms with Crippen molar-refractivity contribution in [3.63, 3.8) is 0 Å². The largest absolute Gasteiger partial charge is 0.383 e. The number of nitrogens with zero attached hydrogens (tertiary/aromatic N) is 2. The summed E-state index contributed by atoms with van der Waals surface area (Å²) >= 11 is 6.33. The molecule has 5 nitrogen and oxygen atoms in total. The van der Waals surface area contributed by atoms with E-state index >= 15 is 0 Å². The molecule has 2 heterocycles. The summed E-state index contributed by atoms with van der Waals surface area (Å²) in [5, 5.41) is 4.15. The zero-order chi connectivity index (χ0) is 18.6. The van der Waals surface area contributed by atoms with Gasteiger partial charge in [-0.05, 0) is 56.4 Å². The fraction of sp³-hybridized carbons (Fsp3) is 0.650. The minimum absolute atomic E-state index is 0.0487. The van der Waals surface area contributed by atoms with Crippen molar-refractivity contribution in [2.75, 3.05) is 46.9 Å². The molecule has 3 rings (SSSR count). The zero-order valence-electron chi connectivity index (χ0n) is 15.8. The van der Waals surface area contributed by atoms with E-state index in [4.69, 9.17) is 16.3 Å². The smallest absolute Gasteiger partial charge is 0.240 e. The Balaban J connectivity index is 1.73. The third kappa shape index (κ3) is 4.39. The molecule has 1 spiro atoms. The van der Waals surface area contributed by atoms with Gasteiger partial charge in [-0.25, -0.2) is 0 Å². The number of rotatable bonds is 6. The molecule has 1 amide bonds. The Morgan fingerprint density at radius 3 is 2.81 bits per heavy atom. The second-order valence-corrected chi connectivity index (χ2v) is 8.14. The lowest BCUT2D eigenvalue weighted by Gasteiger charge is -2.33. The van der Waals surface area contributed by atoms with Crippen LogP contribution < -0.4 is 5.32 Å². The highest BCUT2D eigenvalue weighted by molar-refractivity contribution is 6.31. The van der Waals surface area contributed by atoms with Crippen molar-refractivity contribution in [2.24, 2.45) is 5.41 Å². The summed E-state index contributed by atoms with van der Waals surface area (Å²) in [7, 11) is 3.76. The minimum atomic E-state index is -0.0487.